The van der Waals surface area contributed by atoms with Gasteiger partial charge in [0.15, 0.2) is 0 Å². The Hall–Kier alpha value is -1.47. The zero-order chi connectivity index (χ0) is 13.0. The van der Waals surface area contributed by atoms with Gasteiger partial charge in [-0.05, 0) is 42.0 Å². The average Bonchev–Trinajstić information content (AvgIpc) is 2.40. The van der Waals surface area contributed by atoms with Crippen LogP contribution in [0.15, 0.2) is 71.9 Å². The van der Waals surface area contributed by atoms with E-state index in [1.54, 1.807) is 0 Å². The van der Waals surface area contributed by atoms with Crippen LogP contribution in [0.2, 0.25) is 0 Å². The Morgan fingerprint density at radius 3 is 2.44 bits per heavy atom. The van der Waals surface area contributed by atoms with Gasteiger partial charge in [-0.15, -0.1) is 12.6 Å². The highest BCUT2D eigenvalue weighted by atomic mass is 32.1. The summed E-state index contributed by atoms with van der Waals surface area (Å²) in [5.41, 5.74) is 4.59. The highest BCUT2D eigenvalue weighted by Crippen LogP contribution is 2.33. The van der Waals surface area contributed by atoms with Gasteiger partial charge in [0.2, 0.25) is 0 Å². The molecule has 0 radical (unpaired) electrons. The molecule has 0 spiro atoms. The van der Waals surface area contributed by atoms with E-state index in [-0.39, 0.29) is 0 Å². The summed E-state index contributed by atoms with van der Waals surface area (Å²) in [5, 5.41) is 0. The second-order valence-corrected chi connectivity index (χ2v) is 4.96. The summed E-state index contributed by atoms with van der Waals surface area (Å²) >= 11 is 4.71. The van der Waals surface area contributed by atoms with Gasteiger partial charge in [0.25, 0.3) is 0 Å². The zero-order valence-electron chi connectivity index (χ0n) is 10.7. The highest BCUT2D eigenvalue weighted by Gasteiger charge is 2.11. The molecule has 1 aliphatic rings. The third-order valence-electron chi connectivity index (χ3n) is 2.99. The van der Waals surface area contributed by atoms with E-state index in [2.05, 4.69) is 36.9 Å². The van der Waals surface area contributed by atoms with Crippen molar-refractivity contribution in [3.05, 3.63) is 77.4 Å². The van der Waals surface area contributed by atoms with Crippen LogP contribution >= 0.6 is 12.6 Å². The maximum absolute atomic E-state index is 4.71. The normalized spacial score (nSPS) is 16.0. The molecule has 0 amide bonds. The number of benzene rings is 1. The molecule has 0 fully saturated rings. The fraction of sp³-hybridized carbons (Fsp3) is 0.176. The van der Waals surface area contributed by atoms with Crippen molar-refractivity contribution < 1.29 is 0 Å². The van der Waals surface area contributed by atoms with Crippen molar-refractivity contribution in [2.75, 3.05) is 0 Å². The van der Waals surface area contributed by atoms with Gasteiger partial charge in [0.05, 0.1) is 0 Å². The van der Waals surface area contributed by atoms with Crippen LogP contribution in [0.5, 0.6) is 0 Å². The zero-order valence-corrected chi connectivity index (χ0v) is 11.6. The Kier molecular flexibility index (Phi) is 4.27. The molecule has 1 aromatic carbocycles. The van der Waals surface area contributed by atoms with Gasteiger partial charge in [-0.3, -0.25) is 0 Å². The standard InChI is InChI=1S/C17H18S/c1-13(2)16(14-9-5-3-6-10-14)17(18)15-11-7-4-8-12-15/h4-5,7-12,18H,1,3,6H2,2H3/b17-16+. The van der Waals surface area contributed by atoms with Crippen molar-refractivity contribution in [3.63, 3.8) is 0 Å². The maximum atomic E-state index is 4.71. The van der Waals surface area contributed by atoms with Gasteiger partial charge in [-0.2, -0.15) is 0 Å². The topological polar surface area (TPSA) is 0 Å². The number of allylic oxidation sites excluding steroid dienone is 6. The summed E-state index contributed by atoms with van der Waals surface area (Å²) in [5.74, 6) is 0. The van der Waals surface area contributed by atoms with Crippen LogP contribution in [0.3, 0.4) is 0 Å². The number of hydrogen-bond donors (Lipinski definition) is 1. The molecule has 0 saturated heterocycles. The van der Waals surface area contributed by atoms with Crippen molar-refractivity contribution >= 4 is 17.5 Å². The van der Waals surface area contributed by atoms with Crippen LogP contribution in [0.25, 0.3) is 4.91 Å². The fourth-order valence-electron chi connectivity index (χ4n) is 2.12. The third-order valence-corrected chi connectivity index (χ3v) is 3.48. The summed E-state index contributed by atoms with van der Waals surface area (Å²) in [6.07, 6.45) is 8.87. The summed E-state index contributed by atoms with van der Waals surface area (Å²) in [7, 11) is 0. The quantitative estimate of drug-likeness (QED) is 0.557. The summed E-state index contributed by atoms with van der Waals surface area (Å²) in [6, 6.07) is 10.3. The first-order valence-corrected chi connectivity index (χ1v) is 6.66. The Morgan fingerprint density at radius 1 is 1.17 bits per heavy atom. The van der Waals surface area contributed by atoms with Crippen molar-refractivity contribution in [1.82, 2.24) is 0 Å². The van der Waals surface area contributed by atoms with E-state index < -0.39 is 0 Å². The fourth-order valence-corrected chi connectivity index (χ4v) is 2.59. The molecule has 0 atom stereocenters. The lowest BCUT2D eigenvalue weighted by Gasteiger charge is -2.15. The number of thiol groups is 1. The molecule has 1 aliphatic carbocycles. The highest BCUT2D eigenvalue weighted by molar-refractivity contribution is 7.90. The Labute approximate surface area is 115 Å². The van der Waals surface area contributed by atoms with Gasteiger partial charge in [0.1, 0.15) is 0 Å². The average molecular weight is 254 g/mol. The van der Waals surface area contributed by atoms with Crippen molar-refractivity contribution in [3.8, 4) is 0 Å². The molecule has 0 aromatic heterocycles. The lowest BCUT2D eigenvalue weighted by Crippen LogP contribution is -1.95. The lowest BCUT2D eigenvalue weighted by atomic mass is 9.93. The SMILES string of the molecule is C=C(C)/C(C1=CCCC=C1)=C(\S)c1ccccc1. The molecular weight excluding hydrogens is 236 g/mol. The Morgan fingerprint density at radius 2 is 1.89 bits per heavy atom. The van der Waals surface area contributed by atoms with Crippen LogP contribution in [-0.2, 0) is 0 Å². The van der Waals surface area contributed by atoms with Gasteiger partial charge >= 0.3 is 0 Å². The molecule has 0 nitrogen and oxygen atoms in total. The monoisotopic (exact) mass is 254 g/mol. The second-order valence-electron chi connectivity index (χ2n) is 4.51. The molecule has 0 aliphatic heterocycles. The minimum Gasteiger partial charge on any atom is -0.142 e. The second kappa shape index (κ2) is 5.92. The first kappa shape index (κ1) is 13.0. The predicted molar refractivity (Wildman–Crippen MR) is 83.6 cm³/mol. The molecule has 18 heavy (non-hydrogen) atoms. The first-order chi connectivity index (χ1) is 8.70. The van der Waals surface area contributed by atoms with Crippen LogP contribution in [-0.4, -0.2) is 0 Å². The Balaban J connectivity index is 2.50. The van der Waals surface area contributed by atoms with E-state index in [9.17, 15) is 0 Å². The van der Waals surface area contributed by atoms with E-state index >= 15 is 0 Å². The minimum atomic E-state index is 1.00. The molecule has 0 bridgehead atoms. The van der Waals surface area contributed by atoms with E-state index in [0.717, 1.165) is 34.5 Å². The molecule has 1 heteroatoms. The van der Waals surface area contributed by atoms with Crippen molar-refractivity contribution in [1.29, 1.82) is 0 Å². The van der Waals surface area contributed by atoms with Gasteiger partial charge in [-0.1, -0.05) is 55.1 Å². The Bertz CT molecular complexity index is 530. The maximum Gasteiger partial charge on any atom is 0.0194 e. The van der Waals surface area contributed by atoms with E-state index in [0.29, 0.717) is 0 Å². The van der Waals surface area contributed by atoms with Crippen LogP contribution < -0.4 is 0 Å². The van der Waals surface area contributed by atoms with E-state index in [1.165, 1.54) is 5.57 Å². The first-order valence-electron chi connectivity index (χ1n) is 6.22. The lowest BCUT2D eigenvalue weighted by molar-refractivity contribution is 1.02. The molecule has 0 N–H and O–H groups in total. The molecule has 1 aromatic rings. The van der Waals surface area contributed by atoms with Crippen LogP contribution in [0.4, 0.5) is 0 Å². The summed E-state index contributed by atoms with van der Waals surface area (Å²) in [6.45, 7) is 6.14. The van der Waals surface area contributed by atoms with Crippen molar-refractivity contribution in [2.24, 2.45) is 0 Å². The molecule has 92 valence electrons. The smallest absolute Gasteiger partial charge is 0.0194 e. The third kappa shape index (κ3) is 2.85. The van der Waals surface area contributed by atoms with Gasteiger partial charge in [-0.25, -0.2) is 0 Å². The molecule has 0 heterocycles. The molecule has 2 rings (SSSR count). The van der Waals surface area contributed by atoms with Crippen LogP contribution in [0.1, 0.15) is 25.3 Å². The summed E-state index contributed by atoms with van der Waals surface area (Å²) < 4.78 is 0. The summed E-state index contributed by atoms with van der Waals surface area (Å²) in [4.78, 5) is 1.00. The van der Waals surface area contributed by atoms with Crippen molar-refractivity contribution in [2.45, 2.75) is 19.8 Å². The number of rotatable bonds is 3. The van der Waals surface area contributed by atoms with E-state index in [1.807, 2.05) is 25.1 Å². The molecule has 0 unspecified atom stereocenters. The van der Waals surface area contributed by atoms with E-state index in [4.69, 9.17) is 12.6 Å². The minimum absolute atomic E-state index is 1.00. The van der Waals surface area contributed by atoms with Gasteiger partial charge < -0.3 is 0 Å². The van der Waals surface area contributed by atoms with Crippen LogP contribution in [0, 0.1) is 0 Å². The molecular formula is C17H18S. The molecule has 0 saturated carbocycles. The largest absolute Gasteiger partial charge is 0.142 e. The number of hydrogen-bond acceptors (Lipinski definition) is 1. The predicted octanol–water partition coefficient (Wildman–Crippen LogP) is 5.18. The van der Waals surface area contributed by atoms with Gasteiger partial charge in [0, 0.05) is 4.91 Å².